The number of rotatable bonds is 6. The van der Waals surface area contributed by atoms with Crippen LogP contribution in [0.25, 0.3) is 11.3 Å². The summed E-state index contributed by atoms with van der Waals surface area (Å²) in [5.41, 5.74) is 7.37. The third kappa shape index (κ3) is 3.86. The number of benzene rings is 1. The van der Waals surface area contributed by atoms with Crippen LogP contribution in [0.4, 0.5) is 5.13 Å². The lowest BCUT2D eigenvalue weighted by Gasteiger charge is -2.11. The number of carbonyl (C=O) groups excluding carboxylic acids is 1. The minimum absolute atomic E-state index is 0.142. The van der Waals surface area contributed by atoms with Gasteiger partial charge in [0.2, 0.25) is 5.91 Å². The molecule has 0 saturated heterocycles. The molecule has 1 aromatic carbocycles. The Morgan fingerprint density at radius 2 is 2.20 bits per heavy atom. The lowest BCUT2D eigenvalue weighted by Crippen LogP contribution is -2.28. The van der Waals surface area contributed by atoms with E-state index in [1.54, 1.807) is 7.11 Å². The van der Waals surface area contributed by atoms with Crippen LogP contribution in [0.5, 0.6) is 0 Å². The molecule has 6 heteroatoms. The van der Waals surface area contributed by atoms with Crippen LogP contribution in [0.15, 0.2) is 35.7 Å². The summed E-state index contributed by atoms with van der Waals surface area (Å²) in [6.45, 7) is 0.317. The normalized spacial score (nSPS) is 12.1. The summed E-state index contributed by atoms with van der Waals surface area (Å²) in [6, 6.07) is 9.83. The van der Waals surface area contributed by atoms with Gasteiger partial charge < -0.3 is 15.8 Å². The van der Waals surface area contributed by atoms with Crippen molar-refractivity contribution in [3.63, 3.8) is 0 Å². The molecular formula is C14H17N3O2S. The molecule has 0 spiro atoms. The van der Waals surface area contributed by atoms with Gasteiger partial charge in [-0.1, -0.05) is 30.3 Å². The minimum Gasteiger partial charge on any atom is -0.380 e. The van der Waals surface area contributed by atoms with Crippen molar-refractivity contribution >= 4 is 22.4 Å². The first-order valence-electron chi connectivity index (χ1n) is 6.26. The molecule has 5 nitrogen and oxygen atoms in total. The summed E-state index contributed by atoms with van der Waals surface area (Å²) < 4.78 is 5.08. The van der Waals surface area contributed by atoms with Crippen LogP contribution < -0.4 is 11.1 Å². The van der Waals surface area contributed by atoms with Crippen LogP contribution in [-0.2, 0) is 9.53 Å². The first-order valence-corrected chi connectivity index (χ1v) is 7.14. The number of thiazole rings is 1. The number of nitrogens with one attached hydrogen (secondary N) is 1. The molecule has 0 bridgehead atoms. The van der Waals surface area contributed by atoms with E-state index in [-0.39, 0.29) is 18.4 Å². The van der Waals surface area contributed by atoms with E-state index in [4.69, 9.17) is 10.5 Å². The van der Waals surface area contributed by atoms with Crippen molar-refractivity contribution in [1.82, 2.24) is 4.98 Å². The van der Waals surface area contributed by atoms with Crippen molar-refractivity contribution in [2.45, 2.75) is 12.5 Å². The minimum atomic E-state index is -0.261. The SMILES string of the molecule is COC(CN)CC(=O)Nc1nc(-c2ccccc2)cs1. The van der Waals surface area contributed by atoms with Crippen LogP contribution in [0.3, 0.4) is 0 Å². The fraction of sp³-hybridized carbons (Fsp3) is 0.286. The van der Waals surface area contributed by atoms with E-state index in [0.29, 0.717) is 11.7 Å². The molecule has 0 radical (unpaired) electrons. The van der Waals surface area contributed by atoms with Crippen molar-refractivity contribution in [2.75, 3.05) is 19.0 Å². The van der Waals surface area contributed by atoms with Gasteiger partial charge >= 0.3 is 0 Å². The highest BCUT2D eigenvalue weighted by Gasteiger charge is 2.13. The molecule has 1 atom stereocenters. The number of anilines is 1. The molecule has 2 aromatic rings. The second kappa shape index (κ2) is 7.14. The fourth-order valence-electron chi connectivity index (χ4n) is 1.71. The van der Waals surface area contributed by atoms with E-state index in [0.717, 1.165) is 11.3 Å². The Bertz CT molecular complexity index is 553. The van der Waals surface area contributed by atoms with E-state index < -0.39 is 0 Å². The van der Waals surface area contributed by atoms with E-state index in [1.165, 1.54) is 11.3 Å². The maximum atomic E-state index is 11.8. The standard InChI is InChI=1S/C14H17N3O2S/c1-19-11(8-15)7-13(18)17-14-16-12(9-20-14)10-5-3-2-4-6-10/h2-6,9,11H,7-8,15H2,1H3,(H,16,17,18). The van der Waals surface area contributed by atoms with Gasteiger partial charge in [-0.3, -0.25) is 4.79 Å². The van der Waals surface area contributed by atoms with Crippen molar-refractivity contribution in [3.05, 3.63) is 35.7 Å². The summed E-state index contributed by atoms with van der Waals surface area (Å²) >= 11 is 1.40. The Morgan fingerprint density at radius 1 is 1.45 bits per heavy atom. The van der Waals surface area contributed by atoms with Crippen molar-refractivity contribution in [3.8, 4) is 11.3 Å². The average molecular weight is 291 g/mol. The Balaban J connectivity index is 1.98. The van der Waals surface area contributed by atoms with E-state index in [1.807, 2.05) is 35.7 Å². The number of ether oxygens (including phenoxy) is 1. The van der Waals surface area contributed by atoms with Crippen LogP contribution in [0.2, 0.25) is 0 Å². The van der Waals surface area contributed by atoms with Gasteiger partial charge in [0.1, 0.15) is 0 Å². The molecule has 2 rings (SSSR count). The Kier molecular flexibility index (Phi) is 5.23. The third-order valence-electron chi connectivity index (χ3n) is 2.83. The lowest BCUT2D eigenvalue weighted by atomic mass is 10.2. The molecule has 0 aliphatic heterocycles. The molecule has 0 aliphatic rings. The number of carbonyl (C=O) groups is 1. The first kappa shape index (κ1) is 14.6. The smallest absolute Gasteiger partial charge is 0.228 e. The van der Waals surface area contributed by atoms with Gasteiger partial charge in [-0.2, -0.15) is 0 Å². The van der Waals surface area contributed by atoms with E-state index >= 15 is 0 Å². The number of nitrogens with two attached hydrogens (primary N) is 1. The van der Waals surface area contributed by atoms with Crippen molar-refractivity contribution in [1.29, 1.82) is 0 Å². The van der Waals surface area contributed by atoms with E-state index in [2.05, 4.69) is 10.3 Å². The third-order valence-corrected chi connectivity index (χ3v) is 3.59. The number of hydrogen-bond acceptors (Lipinski definition) is 5. The zero-order valence-corrected chi connectivity index (χ0v) is 12.0. The predicted octanol–water partition coefficient (Wildman–Crippen LogP) is 2.11. The van der Waals surface area contributed by atoms with Gasteiger partial charge in [-0.25, -0.2) is 4.98 Å². The molecule has 20 heavy (non-hydrogen) atoms. The lowest BCUT2D eigenvalue weighted by molar-refractivity contribution is -0.118. The molecule has 1 aromatic heterocycles. The summed E-state index contributed by atoms with van der Waals surface area (Å²) in [5.74, 6) is -0.142. The van der Waals surface area contributed by atoms with Gasteiger partial charge in [0.05, 0.1) is 18.2 Å². The van der Waals surface area contributed by atoms with Gasteiger partial charge in [0, 0.05) is 24.6 Å². The summed E-state index contributed by atoms with van der Waals surface area (Å²) in [5, 5.41) is 5.27. The summed E-state index contributed by atoms with van der Waals surface area (Å²) in [4.78, 5) is 16.2. The van der Waals surface area contributed by atoms with Gasteiger partial charge in [-0.05, 0) is 0 Å². The van der Waals surface area contributed by atoms with E-state index in [9.17, 15) is 4.79 Å². The molecule has 1 heterocycles. The highest BCUT2D eigenvalue weighted by atomic mass is 32.1. The molecule has 3 N–H and O–H groups in total. The van der Waals surface area contributed by atoms with Crippen LogP contribution in [-0.4, -0.2) is 30.6 Å². The Morgan fingerprint density at radius 3 is 2.85 bits per heavy atom. The zero-order chi connectivity index (χ0) is 14.4. The quantitative estimate of drug-likeness (QED) is 0.854. The molecule has 1 unspecified atom stereocenters. The predicted molar refractivity (Wildman–Crippen MR) is 80.6 cm³/mol. The Labute approximate surface area is 121 Å². The van der Waals surface area contributed by atoms with Crippen LogP contribution in [0.1, 0.15) is 6.42 Å². The molecule has 0 fully saturated rings. The molecule has 0 saturated carbocycles. The first-order chi connectivity index (χ1) is 9.72. The average Bonchev–Trinajstić information content (AvgIpc) is 2.94. The number of hydrogen-bond donors (Lipinski definition) is 2. The molecule has 0 aliphatic carbocycles. The van der Waals surface area contributed by atoms with Gasteiger partial charge in [0.25, 0.3) is 0 Å². The Hall–Kier alpha value is -1.76. The highest BCUT2D eigenvalue weighted by molar-refractivity contribution is 7.14. The topological polar surface area (TPSA) is 77.2 Å². The number of nitrogens with zero attached hydrogens (tertiary/aromatic N) is 1. The number of amides is 1. The van der Waals surface area contributed by atoms with Crippen molar-refractivity contribution < 1.29 is 9.53 Å². The zero-order valence-electron chi connectivity index (χ0n) is 11.2. The van der Waals surface area contributed by atoms with Crippen LogP contribution in [0, 0.1) is 0 Å². The van der Waals surface area contributed by atoms with Crippen LogP contribution >= 0.6 is 11.3 Å². The van der Waals surface area contributed by atoms with Gasteiger partial charge in [0.15, 0.2) is 5.13 Å². The fourth-order valence-corrected chi connectivity index (χ4v) is 2.45. The van der Waals surface area contributed by atoms with Crippen molar-refractivity contribution in [2.24, 2.45) is 5.73 Å². The summed E-state index contributed by atoms with van der Waals surface area (Å²) in [6.07, 6.45) is -0.0312. The molecular weight excluding hydrogens is 274 g/mol. The largest absolute Gasteiger partial charge is 0.380 e. The number of methoxy groups -OCH3 is 1. The second-order valence-corrected chi connectivity index (χ2v) is 5.11. The summed E-state index contributed by atoms with van der Waals surface area (Å²) in [7, 11) is 1.54. The number of aromatic nitrogens is 1. The molecule has 1 amide bonds. The van der Waals surface area contributed by atoms with Gasteiger partial charge in [-0.15, -0.1) is 11.3 Å². The monoisotopic (exact) mass is 291 g/mol. The maximum Gasteiger partial charge on any atom is 0.228 e. The maximum absolute atomic E-state index is 11.8. The second-order valence-electron chi connectivity index (χ2n) is 4.25. The molecule has 106 valence electrons. The highest BCUT2D eigenvalue weighted by Crippen LogP contribution is 2.24.